The topological polar surface area (TPSA) is 227 Å². The number of rotatable bonds is 38. The van der Waals surface area contributed by atoms with Crippen molar-refractivity contribution in [1.82, 2.24) is 0 Å². The van der Waals surface area contributed by atoms with Crippen LogP contribution in [-0.4, -0.2) is 105 Å². The van der Waals surface area contributed by atoms with Crippen LogP contribution in [0.15, 0.2) is 24.3 Å². The summed E-state index contributed by atoms with van der Waals surface area (Å²) in [6, 6.07) is 0. The number of allylic oxidation sites excluding steroid dienone is 2. The van der Waals surface area contributed by atoms with Crippen molar-refractivity contribution in [2.24, 2.45) is 11.8 Å². The molecule has 344 valence electrons. The molecule has 0 heterocycles. The van der Waals surface area contributed by atoms with Crippen molar-refractivity contribution in [3.63, 3.8) is 0 Å². The number of esters is 2. The van der Waals surface area contributed by atoms with Gasteiger partial charge in [0.2, 0.25) is 0 Å². The number of ketones is 1. The van der Waals surface area contributed by atoms with E-state index in [1.54, 1.807) is 12.2 Å². The van der Waals surface area contributed by atoms with Crippen molar-refractivity contribution in [1.29, 1.82) is 0 Å². The number of phosphoric ester groups is 1. The molecule has 0 saturated heterocycles. The molecule has 1 fully saturated rings. The van der Waals surface area contributed by atoms with Gasteiger partial charge in [0.05, 0.1) is 38.1 Å². The number of phosphoric acid groups is 1. The van der Waals surface area contributed by atoms with Gasteiger partial charge in [0.1, 0.15) is 18.5 Å². The minimum absolute atomic E-state index is 0.0456. The molecule has 0 bridgehead atoms. The highest BCUT2D eigenvalue weighted by Gasteiger charge is 2.41. The number of unbranched alkanes of at least 4 members (excludes halogenated alkanes) is 14. The van der Waals surface area contributed by atoms with Crippen molar-refractivity contribution in [3.05, 3.63) is 24.3 Å². The van der Waals surface area contributed by atoms with Gasteiger partial charge in [-0.1, -0.05) is 109 Å². The van der Waals surface area contributed by atoms with Gasteiger partial charge < -0.3 is 39.9 Å². The lowest BCUT2D eigenvalue weighted by Gasteiger charge is -2.21. The zero-order valence-electron chi connectivity index (χ0n) is 36.0. The molecule has 0 spiro atoms. The second kappa shape index (κ2) is 34.6. The summed E-state index contributed by atoms with van der Waals surface area (Å²) in [7, 11) is -4.72. The van der Waals surface area contributed by atoms with Crippen LogP contribution in [0, 0.1) is 11.8 Å². The van der Waals surface area contributed by atoms with Crippen LogP contribution >= 0.6 is 7.82 Å². The Balaban J connectivity index is 2.50. The fourth-order valence-electron chi connectivity index (χ4n) is 6.98. The summed E-state index contributed by atoms with van der Waals surface area (Å²) in [5.41, 5.74) is 0. The Morgan fingerprint density at radius 3 is 1.93 bits per heavy atom. The lowest BCUT2D eigenvalue weighted by atomic mass is 9.87. The zero-order chi connectivity index (χ0) is 43.7. The fourth-order valence-corrected chi connectivity index (χ4v) is 7.77. The number of aliphatic hydroxyl groups excluding tert-OH is 5. The molecule has 8 atom stereocenters. The van der Waals surface area contributed by atoms with Gasteiger partial charge in [0, 0.05) is 43.9 Å². The van der Waals surface area contributed by atoms with Crippen LogP contribution < -0.4 is 0 Å². The molecule has 1 saturated carbocycles. The molecule has 1 unspecified atom stereocenters. The Kier molecular flexibility index (Phi) is 32.2. The lowest BCUT2D eigenvalue weighted by Crippen LogP contribution is -2.30. The Morgan fingerprint density at radius 1 is 0.712 bits per heavy atom. The van der Waals surface area contributed by atoms with Gasteiger partial charge in [0.15, 0.2) is 6.10 Å². The van der Waals surface area contributed by atoms with Crippen LogP contribution in [0.25, 0.3) is 0 Å². The predicted molar refractivity (Wildman–Crippen MR) is 226 cm³/mol. The molecular formula is C44H79O14P. The van der Waals surface area contributed by atoms with Gasteiger partial charge in [-0.05, 0) is 51.4 Å². The number of carbonyl (C=O) groups excluding carboxylic acids is 3. The van der Waals surface area contributed by atoms with E-state index in [0.717, 1.165) is 57.8 Å². The van der Waals surface area contributed by atoms with Gasteiger partial charge >= 0.3 is 19.8 Å². The van der Waals surface area contributed by atoms with E-state index in [0.29, 0.717) is 19.3 Å². The van der Waals surface area contributed by atoms with E-state index in [4.69, 9.17) is 19.1 Å². The molecule has 1 aliphatic rings. The molecule has 0 radical (unpaired) electrons. The maximum Gasteiger partial charge on any atom is 0.472 e. The highest BCUT2D eigenvalue weighted by atomic mass is 31.2. The number of ether oxygens (including phenoxy) is 2. The molecule has 0 amide bonds. The fraction of sp³-hybridized carbons (Fsp3) is 0.841. The average molecular weight is 863 g/mol. The third-order valence-electron chi connectivity index (χ3n) is 10.6. The summed E-state index contributed by atoms with van der Waals surface area (Å²) in [6.45, 7) is 1.83. The quantitative estimate of drug-likeness (QED) is 0.0155. The molecule has 6 N–H and O–H groups in total. The van der Waals surface area contributed by atoms with E-state index in [9.17, 15) is 44.3 Å². The highest BCUT2D eigenvalue weighted by Crippen LogP contribution is 2.43. The van der Waals surface area contributed by atoms with E-state index in [1.165, 1.54) is 38.5 Å². The van der Waals surface area contributed by atoms with Crippen molar-refractivity contribution in [3.8, 4) is 0 Å². The van der Waals surface area contributed by atoms with E-state index in [-0.39, 0.29) is 44.3 Å². The van der Waals surface area contributed by atoms with E-state index in [2.05, 4.69) is 30.5 Å². The lowest BCUT2D eigenvalue weighted by molar-refractivity contribution is -0.161. The van der Waals surface area contributed by atoms with E-state index < -0.39 is 88.5 Å². The number of hydrogen-bond acceptors (Lipinski definition) is 13. The maximum absolute atomic E-state index is 12.9. The van der Waals surface area contributed by atoms with Crippen LogP contribution in [0.5, 0.6) is 0 Å². The first-order chi connectivity index (χ1) is 28.3. The van der Waals surface area contributed by atoms with Crippen molar-refractivity contribution in [2.45, 2.75) is 198 Å². The Labute approximate surface area is 353 Å². The number of Topliss-reactive ketones (excluding diaryl/α,β-unsaturated/α-hetero) is 1. The normalized spacial score (nSPS) is 20.8. The summed E-state index contributed by atoms with van der Waals surface area (Å²) in [6.07, 6.45) is 22.0. The molecule has 15 heteroatoms. The summed E-state index contributed by atoms with van der Waals surface area (Å²) >= 11 is 0. The summed E-state index contributed by atoms with van der Waals surface area (Å²) in [5, 5.41) is 49.7. The van der Waals surface area contributed by atoms with E-state index in [1.807, 2.05) is 0 Å². The van der Waals surface area contributed by atoms with Crippen molar-refractivity contribution >= 4 is 25.5 Å². The molecule has 0 aliphatic heterocycles. The molecule has 59 heavy (non-hydrogen) atoms. The van der Waals surface area contributed by atoms with Crippen LogP contribution in [-0.2, 0) is 37.5 Å². The second-order valence-electron chi connectivity index (χ2n) is 16.0. The first kappa shape index (κ1) is 55.0. The Morgan fingerprint density at radius 2 is 1.27 bits per heavy atom. The predicted octanol–water partition coefficient (Wildman–Crippen LogP) is 7.34. The third kappa shape index (κ3) is 29.0. The van der Waals surface area contributed by atoms with Crippen LogP contribution in [0.2, 0.25) is 0 Å². The van der Waals surface area contributed by atoms with Crippen LogP contribution in [0.4, 0.5) is 0 Å². The maximum atomic E-state index is 12.9. The Bertz CT molecular complexity index is 1210. The van der Waals surface area contributed by atoms with Gasteiger partial charge in [-0.3, -0.25) is 23.4 Å². The van der Waals surface area contributed by atoms with Crippen molar-refractivity contribution < 1.29 is 67.9 Å². The van der Waals surface area contributed by atoms with Crippen molar-refractivity contribution in [2.75, 3.05) is 26.4 Å². The molecule has 0 aromatic heterocycles. The molecular weight excluding hydrogens is 783 g/mol. The highest BCUT2D eigenvalue weighted by molar-refractivity contribution is 7.47. The van der Waals surface area contributed by atoms with Gasteiger partial charge in [0.25, 0.3) is 0 Å². The minimum Gasteiger partial charge on any atom is -0.462 e. The molecule has 14 nitrogen and oxygen atoms in total. The van der Waals surface area contributed by atoms with Gasteiger partial charge in [-0.2, -0.15) is 0 Å². The van der Waals surface area contributed by atoms with Crippen LogP contribution in [0.3, 0.4) is 0 Å². The monoisotopic (exact) mass is 863 g/mol. The molecule has 1 aliphatic carbocycles. The van der Waals surface area contributed by atoms with E-state index >= 15 is 0 Å². The average Bonchev–Trinajstić information content (AvgIpc) is 3.47. The van der Waals surface area contributed by atoms with Crippen LogP contribution in [0.1, 0.15) is 168 Å². The Hall–Kier alpha value is -2.00. The smallest absolute Gasteiger partial charge is 0.462 e. The second-order valence-corrected chi connectivity index (χ2v) is 17.5. The minimum atomic E-state index is -4.72. The number of carbonyl (C=O) groups is 3. The summed E-state index contributed by atoms with van der Waals surface area (Å²) < 4.78 is 32.6. The number of aliphatic hydroxyl groups is 5. The van der Waals surface area contributed by atoms with Gasteiger partial charge in [-0.15, -0.1) is 0 Å². The number of hydrogen-bond donors (Lipinski definition) is 6. The molecule has 1 rings (SSSR count). The molecule has 0 aromatic rings. The molecule has 0 aromatic carbocycles. The summed E-state index contributed by atoms with van der Waals surface area (Å²) in [4.78, 5) is 48.1. The van der Waals surface area contributed by atoms with Gasteiger partial charge in [-0.25, -0.2) is 4.57 Å². The largest absolute Gasteiger partial charge is 0.472 e. The summed E-state index contributed by atoms with van der Waals surface area (Å²) in [5.74, 6) is -2.30. The SMILES string of the molecule is CCCCCCCC/C=C\CCCCCCCC(=O)OC[C@H](COP(=O)(O)OC[C@@H](O)CO)OC(=O)CCCCC(=O)C[C@@H]1[C@@H](/C=C/[C@@H](O)CCCCC)[C@H](O)C[C@@H]1O. The standard InChI is InChI=1S/C44H79O14P/c1-3-5-7-8-9-10-11-12-13-14-15-16-17-18-20-25-43(51)55-33-38(34-57-59(53,54)56-32-37(48)31-45)58-44(52)26-22-21-24-36(47)29-40-39(41(49)30-42(40)50)28-27-35(46)23-19-6-4-2/h12-13,27-28,35,37-42,45-46,48-50H,3-11,14-26,29-34H2,1-2H3,(H,53,54)/b13-12-,28-27+/t35-,37-,38+,39+,40+,41+,42-/m0/s1. The first-order valence-corrected chi connectivity index (χ1v) is 24.0. The zero-order valence-corrected chi connectivity index (χ0v) is 36.9. The third-order valence-corrected chi connectivity index (χ3v) is 11.5. The first-order valence-electron chi connectivity index (χ1n) is 22.5.